The van der Waals surface area contributed by atoms with E-state index in [0.717, 1.165) is 18.5 Å². The zero-order valence-corrected chi connectivity index (χ0v) is 10.7. The first kappa shape index (κ1) is 12.3. The largest absolute Gasteiger partial charge is 0.380 e. The molecule has 94 valence electrons. The molecule has 3 nitrogen and oxygen atoms in total. The summed E-state index contributed by atoms with van der Waals surface area (Å²) in [6, 6.07) is 0.868. The lowest BCUT2D eigenvalue weighted by atomic mass is 9.97. The van der Waals surface area contributed by atoms with Crippen molar-refractivity contribution in [3.63, 3.8) is 0 Å². The number of methoxy groups -OCH3 is 1. The lowest BCUT2D eigenvalue weighted by Gasteiger charge is -2.31. The van der Waals surface area contributed by atoms with Crippen LogP contribution in [0.1, 0.15) is 32.6 Å². The van der Waals surface area contributed by atoms with Gasteiger partial charge in [-0.2, -0.15) is 0 Å². The number of hydrogen-bond acceptors (Lipinski definition) is 3. The normalized spacial score (nSPS) is 24.9. The summed E-state index contributed by atoms with van der Waals surface area (Å²) in [5.74, 6) is 0.908. The van der Waals surface area contributed by atoms with E-state index in [-0.39, 0.29) is 0 Å². The first-order valence-corrected chi connectivity index (χ1v) is 6.77. The molecule has 0 amide bonds. The lowest BCUT2D eigenvalue weighted by Crippen LogP contribution is -2.40. The smallest absolute Gasteiger partial charge is 0.0670 e. The Hall–Kier alpha value is -0.120. The topological polar surface area (TPSA) is 24.5 Å². The molecule has 1 atom stereocenters. The molecule has 0 aromatic rings. The van der Waals surface area contributed by atoms with Crippen LogP contribution in [0.2, 0.25) is 0 Å². The Balaban J connectivity index is 1.77. The van der Waals surface area contributed by atoms with Crippen LogP contribution in [0, 0.1) is 5.92 Å². The average molecular weight is 226 g/mol. The number of hydrogen-bond donors (Lipinski definition) is 1. The molecule has 0 aromatic heterocycles. The number of rotatable bonds is 6. The van der Waals surface area contributed by atoms with Gasteiger partial charge in [0.25, 0.3) is 0 Å². The Morgan fingerprint density at radius 2 is 1.94 bits per heavy atom. The van der Waals surface area contributed by atoms with Crippen LogP contribution in [0.3, 0.4) is 0 Å². The zero-order chi connectivity index (χ0) is 11.4. The SMILES string of the molecule is COC(C)CN(CC1CCNCC1)C1CC1. The quantitative estimate of drug-likeness (QED) is 0.742. The molecule has 0 bridgehead atoms. The Morgan fingerprint density at radius 3 is 2.50 bits per heavy atom. The fourth-order valence-corrected chi connectivity index (χ4v) is 2.61. The summed E-state index contributed by atoms with van der Waals surface area (Å²) in [4.78, 5) is 2.67. The van der Waals surface area contributed by atoms with Crippen LogP contribution in [0.5, 0.6) is 0 Å². The van der Waals surface area contributed by atoms with E-state index in [4.69, 9.17) is 4.74 Å². The maximum atomic E-state index is 5.39. The lowest BCUT2D eigenvalue weighted by molar-refractivity contribution is 0.0651. The van der Waals surface area contributed by atoms with Crippen LogP contribution < -0.4 is 5.32 Å². The van der Waals surface area contributed by atoms with E-state index in [1.54, 1.807) is 0 Å². The van der Waals surface area contributed by atoms with E-state index in [9.17, 15) is 0 Å². The van der Waals surface area contributed by atoms with E-state index in [0.29, 0.717) is 6.10 Å². The van der Waals surface area contributed by atoms with Crippen LogP contribution >= 0.6 is 0 Å². The maximum Gasteiger partial charge on any atom is 0.0670 e. The van der Waals surface area contributed by atoms with Crippen LogP contribution in [0.25, 0.3) is 0 Å². The van der Waals surface area contributed by atoms with Crippen LogP contribution in [-0.4, -0.2) is 50.3 Å². The highest BCUT2D eigenvalue weighted by molar-refractivity contribution is 4.87. The molecular formula is C13H26N2O. The molecule has 1 unspecified atom stereocenters. The molecule has 1 heterocycles. The van der Waals surface area contributed by atoms with Gasteiger partial charge in [-0.05, 0) is 51.6 Å². The van der Waals surface area contributed by atoms with Gasteiger partial charge in [-0.25, -0.2) is 0 Å². The van der Waals surface area contributed by atoms with Gasteiger partial charge in [-0.15, -0.1) is 0 Å². The molecule has 2 aliphatic rings. The second-order valence-electron chi connectivity index (χ2n) is 5.42. The summed E-state index contributed by atoms with van der Waals surface area (Å²) < 4.78 is 5.39. The molecule has 0 spiro atoms. The number of nitrogens with zero attached hydrogens (tertiary/aromatic N) is 1. The monoisotopic (exact) mass is 226 g/mol. The number of ether oxygens (including phenoxy) is 1. The second kappa shape index (κ2) is 5.99. The Morgan fingerprint density at radius 1 is 1.25 bits per heavy atom. The fourth-order valence-electron chi connectivity index (χ4n) is 2.61. The maximum absolute atomic E-state index is 5.39. The van der Waals surface area contributed by atoms with Crippen molar-refractivity contribution in [2.45, 2.75) is 44.8 Å². The van der Waals surface area contributed by atoms with Gasteiger partial charge < -0.3 is 10.1 Å². The number of nitrogens with one attached hydrogen (secondary N) is 1. The van der Waals surface area contributed by atoms with Gasteiger partial charge in [0.05, 0.1) is 6.10 Å². The van der Waals surface area contributed by atoms with E-state index >= 15 is 0 Å². The van der Waals surface area contributed by atoms with E-state index in [2.05, 4.69) is 17.1 Å². The third-order valence-corrected chi connectivity index (χ3v) is 3.91. The molecule has 0 radical (unpaired) electrons. The fraction of sp³-hybridized carbons (Fsp3) is 1.00. The van der Waals surface area contributed by atoms with Crippen LogP contribution in [0.4, 0.5) is 0 Å². The van der Waals surface area contributed by atoms with Crippen molar-refractivity contribution in [3.05, 3.63) is 0 Å². The average Bonchev–Trinajstić information content (AvgIpc) is 3.13. The molecule has 16 heavy (non-hydrogen) atoms. The zero-order valence-electron chi connectivity index (χ0n) is 10.7. The van der Waals surface area contributed by atoms with Gasteiger partial charge in [-0.1, -0.05) is 0 Å². The minimum Gasteiger partial charge on any atom is -0.380 e. The molecule has 2 fully saturated rings. The Labute approximate surface area is 99.5 Å². The van der Waals surface area contributed by atoms with Crippen molar-refractivity contribution in [1.82, 2.24) is 10.2 Å². The molecule has 1 aliphatic heterocycles. The van der Waals surface area contributed by atoms with Crippen LogP contribution in [0.15, 0.2) is 0 Å². The summed E-state index contributed by atoms with van der Waals surface area (Å²) in [5, 5.41) is 3.44. The summed E-state index contributed by atoms with van der Waals surface area (Å²) >= 11 is 0. The van der Waals surface area contributed by atoms with Crippen molar-refractivity contribution < 1.29 is 4.74 Å². The van der Waals surface area contributed by atoms with Gasteiger partial charge in [0.15, 0.2) is 0 Å². The third-order valence-electron chi connectivity index (χ3n) is 3.91. The minimum atomic E-state index is 0.377. The Bertz CT molecular complexity index is 200. The first-order valence-electron chi connectivity index (χ1n) is 6.77. The third kappa shape index (κ3) is 3.72. The molecule has 1 aliphatic carbocycles. The molecule has 1 saturated carbocycles. The van der Waals surface area contributed by atoms with Gasteiger partial charge in [0, 0.05) is 26.2 Å². The summed E-state index contributed by atoms with van der Waals surface area (Å²) in [5.41, 5.74) is 0. The molecule has 3 heteroatoms. The van der Waals surface area contributed by atoms with E-state index in [1.165, 1.54) is 45.3 Å². The second-order valence-corrected chi connectivity index (χ2v) is 5.42. The van der Waals surface area contributed by atoms with Gasteiger partial charge in [-0.3, -0.25) is 4.90 Å². The van der Waals surface area contributed by atoms with Gasteiger partial charge in [0.1, 0.15) is 0 Å². The van der Waals surface area contributed by atoms with Gasteiger partial charge in [0.2, 0.25) is 0 Å². The van der Waals surface area contributed by atoms with Crippen molar-refractivity contribution in [2.24, 2.45) is 5.92 Å². The molecular weight excluding hydrogens is 200 g/mol. The molecule has 2 rings (SSSR count). The summed E-state index contributed by atoms with van der Waals surface area (Å²) in [6.45, 7) is 7.01. The predicted molar refractivity (Wildman–Crippen MR) is 66.7 cm³/mol. The first-order chi connectivity index (χ1) is 7.79. The summed E-state index contributed by atoms with van der Waals surface area (Å²) in [7, 11) is 1.82. The highest BCUT2D eigenvalue weighted by atomic mass is 16.5. The molecule has 1 N–H and O–H groups in total. The van der Waals surface area contributed by atoms with E-state index < -0.39 is 0 Å². The van der Waals surface area contributed by atoms with Crippen molar-refractivity contribution in [2.75, 3.05) is 33.3 Å². The van der Waals surface area contributed by atoms with E-state index in [1.807, 2.05) is 7.11 Å². The van der Waals surface area contributed by atoms with Crippen LogP contribution in [-0.2, 0) is 4.74 Å². The highest BCUT2D eigenvalue weighted by Crippen LogP contribution is 2.29. The minimum absolute atomic E-state index is 0.377. The number of piperidine rings is 1. The summed E-state index contributed by atoms with van der Waals surface area (Å²) in [6.07, 6.45) is 5.89. The van der Waals surface area contributed by atoms with Gasteiger partial charge >= 0.3 is 0 Å². The Kier molecular flexibility index (Phi) is 4.62. The highest BCUT2D eigenvalue weighted by Gasteiger charge is 2.31. The van der Waals surface area contributed by atoms with Crippen molar-refractivity contribution in [1.29, 1.82) is 0 Å². The van der Waals surface area contributed by atoms with Crippen molar-refractivity contribution >= 4 is 0 Å². The predicted octanol–water partition coefficient (Wildman–Crippen LogP) is 1.49. The molecule has 1 saturated heterocycles. The molecule has 0 aromatic carbocycles. The van der Waals surface area contributed by atoms with Crippen molar-refractivity contribution in [3.8, 4) is 0 Å². The standard InChI is InChI=1S/C13H26N2O/c1-11(16-2)9-15(13-3-4-13)10-12-5-7-14-8-6-12/h11-14H,3-10H2,1-2H3.